The van der Waals surface area contributed by atoms with Crippen LogP contribution < -0.4 is 5.32 Å². The van der Waals surface area contributed by atoms with Crippen LogP contribution in [0.2, 0.25) is 0 Å². The molecule has 70 valence electrons. The molecule has 0 amide bonds. The molecule has 0 atom stereocenters. The highest BCUT2D eigenvalue weighted by Gasteiger charge is 1.98. The van der Waals surface area contributed by atoms with Crippen molar-refractivity contribution in [2.45, 2.75) is 41.0 Å². The highest BCUT2D eigenvalue weighted by Crippen LogP contribution is 2.11. The number of hydrogen-bond donors (Lipinski definition) is 1. The largest absolute Gasteiger partial charge is 0.385 e. The topological polar surface area (TPSA) is 12.0 Å². The Kier molecular flexibility index (Phi) is 5.52. The first-order chi connectivity index (χ1) is 5.63. The number of hydrogen-bond acceptors (Lipinski definition) is 1. The summed E-state index contributed by atoms with van der Waals surface area (Å²) in [6.45, 7) is 11.7. The van der Waals surface area contributed by atoms with Crippen LogP contribution in [0.3, 0.4) is 0 Å². The second kappa shape index (κ2) is 5.87. The summed E-state index contributed by atoms with van der Waals surface area (Å²) < 4.78 is 0. The summed E-state index contributed by atoms with van der Waals surface area (Å²) in [5.41, 5.74) is 4.03. The van der Waals surface area contributed by atoms with Gasteiger partial charge in [-0.25, -0.2) is 0 Å². The molecule has 0 heterocycles. The van der Waals surface area contributed by atoms with Gasteiger partial charge in [-0.05, 0) is 39.7 Å². The molecule has 0 aromatic rings. The lowest BCUT2D eigenvalue weighted by Gasteiger charge is -2.11. The maximum atomic E-state index is 3.38. The molecular formula is C11H21N. The fourth-order valence-electron chi connectivity index (χ4n) is 1.30. The van der Waals surface area contributed by atoms with Crippen LogP contribution in [0, 0.1) is 0 Å². The van der Waals surface area contributed by atoms with E-state index in [1.54, 1.807) is 0 Å². The molecule has 0 aliphatic rings. The summed E-state index contributed by atoms with van der Waals surface area (Å²) in [6.07, 6.45) is 3.36. The van der Waals surface area contributed by atoms with Crippen LogP contribution in [0.5, 0.6) is 0 Å². The van der Waals surface area contributed by atoms with Crippen molar-refractivity contribution in [3.05, 3.63) is 22.9 Å². The van der Waals surface area contributed by atoms with Gasteiger partial charge < -0.3 is 5.32 Å². The van der Waals surface area contributed by atoms with E-state index in [0.29, 0.717) is 0 Å². The molecule has 0 aliphatic carbocycles. The number of rotatable bonds is 4. The van der Waals surface area contributed by atoms with E-state index in [2.05, 4.69) is 46.0 Å². The predicted octanol–water partition coefficient (Wildman–Crippen LogP) is 3.25. The summed E-state index contributed by atoms with van der Waals surface area (Å²) >= 11 is 0. The van der Waals surface area contributed by atoms with Gasteiger partial charge in [0.05, 0.1) is 0 Å². The van der Waals surface area contributed by atoms with Gasteiger partial charge in [0.1, 0.15) is 0 Å². The van der Waals surface area contributed by atoms with Crippen LogP contribution in [0.4, 0.5) is 0 Å². The lowest BCUT2D eigenvalue weighted by molar-refractivity contribution is 0.843. The number of likely N-dealkylation sites (N-methyl/N-ethyl adjacent to an activating group) is 1. The molecule has 0 aromatic heterocycles. The molecular weight excluding hydrogens is 146 g/mol. The molecule has 12 heavy (non-hydrogen) atoms. The molecule has 1 nitrogen and oxygen atoms in total. The van der Waals surface area contributed by atoms with Crippen molar-refractivity contribution in [2.75, 3.05) is 6.54 Å². The zero-order chi connectivity index (χ0) is 9.56. The van der Waals surface area contributed by atoms with Crippen molar-refractivity contribution in [1.82, 2.24) is 5.32 Å². The minimum Gasteiger partial charge on any atom is -0.385 e. The second-order valence-electron chi connectivity index (χ2n) is 3.20. The zero-order valence-electron chi connectivity index (χ0n) is 8.99. The third-order valence-electron chi connectivity index (χ3n) is 1.76. The smallest absolute Gasteiger partial charge is 0.0352 e. The monoisotopic (exact) mass is 167 g/mol. The summed E-state index contributed by atoms with van der Waals surface area (Å²) in [7, 11) is 0. The van der Waals surface area contributed by atoms with Gasteiger partial charge in [-0.15, -0.1) is 0 Å². The van der Waals surface area contributed by atoms with Crippen LogP contribution >= 0.6 is 0 Å². The Labute approximate surface area is 76.6 Å². The fraction of sp³-hybridized carbons (Fsp3) is 0.636. The standard InChI is InChI=1S/C11H21N/c1-6-8-10(5)11(9(3)4)12-7-2/h8,12H,6-7H2,1-5H3/b10-8-. The molecule has 0 fully saturated rings. The van der Waals surface area contributed by atoms with E-state index in [9.17, 15) is 0 Å². The van der Waals surface area contributed by atoms with E-state index >= 15 is 0 Å². The highest BCUT2D eigenvalue weighted by atomic mass is 14.9. The molecule has 0 bridgehead atoms. The molecule has 0 saturated heterocycles. The second-order valence-corrected chi connectivity index (χ2v) is 3.20. The third-order valence-corrected chi connectivity index (χ3v) is 1.76. The average molecular weight is 167 g/mol. The molecule has 0 aliphatic heterocycles. The Morgan fingerprint density at radius 2 is 1.75 bits per heavy atom. The van der Waals surface area contributed by atoms with E-state index < -0.39 is 0 Å². The molecule has 0 spiro atoms. The SMILES string of the molecule is CC/C=C(/C)C(NCC)=C(C)C. The highest BCUT2D eigenvalue weighted by molar-refractivity contribution is 5.30. The lowest BCUT2D eigenvalue weighted by Crippen LogP contribution is -2.14. The van der Waals surface area contributed by atoms with Gasteiger partial charge in [-0.1, -0.05) is 18.6 Å². The number of allylic oxidation sites excluding steroid dienone is 3. The van der Waals surface area contributed by atoms with Crippen LogP contribution in [-0.2, 0) is 0 Å². The maximum Gasteiger partial charge on any atom is 0.0352 e. The van der Waals surface area contributed by atoms with Crippen LogP contribution in [0.25, 0.3) is 0 Å². The normalized spacial score (nSPS) is 11.2. The summed E-state index contributed by atoms with van der Waals surface area (Å²) in [5, 5.41) is 3.38. The van der Waals surface area contributed by atoms with Crippen molar-refractivity contribution in [2.24, 2.45) is 0 Å². The minimum atomic E-state index is 0.995. The average Bonchev–Trinajstić information content (AvgIpc) is 1.99. The van der Waals surface area contributed by atoms with E-state index in [1.807, 2.05) is 0 Å². The Morgan fingerprint density at radius 3 is 2.08 bits per heavy atom. The van der Waals surface area contributed by atoms with Crippen LogP contribution in [0.1, 0.15) is 41.0 Å². The van der Waals surface area contributed by atoms with Gasteiger partial charge in [0.2, 0.25) is 0 Å². The molecule has 0 saturated carbocycles. The van der Waals surface area contributed by atoms with E-state index in [4.69, 9.17) is 0 Å². The van der Waals surface area contributed by atoms with Gasteiger partial charge in [-0.2, -0.15) is 0 Å². The van der Waals surface area contributed by atoms with E-state index in [0.717, 1.165) is 13.0 Å². The summed E-state index contributed by atoms with van der Waals surface area (Å²) in [5.74, 6) is 0. The zero-order valence-corrected chi connectivity index (χ0v) is 8.99. The minimum absolute atomic E-state index is 0.995. The van der Waals surface area contributed by atoms with Gasteiger partial charge in [-0.3, -0.25) is 0 Å². The molecule has 0 radical (unpaired) electrons. The lowest BCUT2D eigenvalue weighted by atomic mass is 10.1. The number of nitrogens with one attached hydrogen (secondary N) is 1. The molecule has 0 rings (SSSR count). The summed E-state index contributed by atoms with van der Waals surface area (Å²) in [6, 6.07) is 0. The van der Waals surface area contributed by atoms with Crippen LogP contribution in [-0.4, -0.2) is 6.54 Å². The van der Waals surface area contributed by atoms with E-state index in [-0.39, 0.29) is 0 Å². The van der Waals surface area contributed by atoms with Gasteiger partial charge in [0.15, 0.2) is 0 Å². The van der Waals surface area contributed by atoms with Crippen molar-refractivity contribution >= 4 is 0 Å². The van der Waals surface area contributed by atoms with Gasteiger partial charge in [0.25, 0.3) is 0 Å². The van der Waals surface area contributed by atoms with Crippen LogP contribution in [0.15, 0.2) is 22.9 Å². The quantitative estimate of drug-likeness (QED) is 0.634. The van der Waals surface area contributed by atoms with E-state index in [1.165, 1.54) is 16.8 Å². The molecule has 1 N–H and O–H groups in total. The van der Waals surface area contributed by atoms with Crippen molar-refractivity contribution in [3.63, 3.8) is 0 Å². The summed E-state index contributed by atoms with van der Waals surface area (Å²) in [4.78, 5) is 0. The first-order valence-electron chi connectivity index (χ1n) is 4.71. The van der Waals surface area contributed by atoms with Crippen molar-refractivity contribution < 1.29 is 0 Å². The van der Waals surface area contributed by atoms with Gasteiger partial charge in [0, 0.05) is 12.2 Å². The first-order valence-corrected chi connectivity index (χ1v) is 4.71. The Bertz CT molecular complexity index is 183. The predicted molar refractivity (Wildman–Crippen MR) is 56.1 cm³/mol. The van der Waals surface area contributed by atoms with Crippen molar-refractivity contribution in [3.8, 4) is 0 Å². The van der Waals surface area contributed by atoms with Gasteiger partial charge >= 0.3 is 0 Å². The molecule has 0 aromatic carbocycles. The third kappa shape index (κ3) is 3.61. The van der Waals surface area contributed by atoms with Crippen molar-refractivity contribution in [1.29, 1.82) is 0 Å². The Hall–Kier alpha value is -0.720. The Morgan fingerprint density at radius 1 is 1.17 bits per heavy atom. The first kappa shape index (κ1) is 11.3. The molecule has 0 unspecified atom stereocenters. The maximum absolute atomic E-state index is 3.38. The molecule has 1 heteroatoms. The fourth-order valence-corrected chi connectivity index (χ4v) is 1.30. The Balaban J connectivity index is 4.53.